The van der Waals surface area contributed by atoms with E-state index in [1.807, 2.05) is 5.38 Å². The van der Waals surface area contributed by atoms with Crippen molar-refractivity contribution in [3.8, 4) is 0 Å². The molecule has 1 aromatic rings. The van der Waals surface area contributed by atoms with Crippen molar-refractivity contribution in [1.82, 2.24) is 4.98 Å². The number of aromatic nitrogens is 1. The molecule has 1 unspecified atom stereocenters. The zero-order valence-electron chi connectivity index (χ0n) is 6.82. The van der Waals surface area contributed by atoms with E-state index in [9.17, 15) is 0 Å². The van der Waals surface area contributed by atoms with Crippen molar-refractivity contribution >= 4 is 11.3 Å². The number of rotatable bonds is 1. The lowest BCUT2D eigenvalue weighted by Crippen LogP contribution is -2.44. The van der Waals surface area contributed by atoms with Crippen LogP contribution in [0.1, 0.15) is 17.8 Å². The van der Waals surface area contributed by atoms with Crippen LogP contribution < -0.4 is 5.73 Å². The molecule has 1 aromatic heterocycles. The minimum atomic E-state index is -0.313. The topological polar surface area (TPSA) is 48.1 Å². The molecule has 66 valence electrons. The fourth-order valence-electron chi connectivity index (χ4n) is 1.45. The van der Waals surface area contributed by atoms with Crippen LogP contribution in [0.15, 0.2) is 11.6 Å². The van der Waals surface area contributed by atoms with Crippen LogP contribution in [0, 0.1) is 0 Å². The van der Waals surface area contributed by atoms with E-state index in [4.69, 9.17) is 10.5 Å². The Morgan fingerprint density at radius 3 is 3.17 bits per heavy atom. The van der Waals surface area contributed by atoms with E-state index in [2.05, 4.69) is 4.98 Å². The monoisotopic (exact) mass is 184 g/mol. The van der Waals surface area contributed by atoms with Gasteiger partial charge in [-0.25, -0.2) is 4.98 Å². The standard InChI is InChI=1S/C8H12N2OS/c9-8(2-1-4-11-6-8)7-10-3-5-12-7/h3,5H,1-2,4,6,9H2. The Kier molecular flexibility index (Phi) is 2.12. The summed E-state index contributed by atoms with van der Waals surface area (Å²) in [6, 6.07) is 0. The molecule has 1 aliphatic heterocycles. The first kappa shape index (κ1) is 8.16. The molecular formula is C8H12N2OS. The normalized spacial score (nSPS) is 30.4. The summed E-state index contributed by atoms with van der Waals surface area (Å²) in [6.07, 6.45) is 3.82. The number of hydrogen-bond donors (Lipinski definition) is 1. The second-order valence-corrected chi connectivity index (χ2v) is 4.04. The molecule has 3 nitrogen and oxygen atoms in total. The number of nitrogens with zero attached hydrogens (tertiary/aromatic N) is 1. The molecular weight excluding hydrogens is 172 g/mol. The lowest BCUT2D eigenvalue weighted by atomic mass is 9.95. The summed E-state index contributed by atoms with van der Waals surface area (Å²) in [6.45, 7) is 1.45. The molecule has 1 fully saturated rings. The van der Waals surface area contributed by atoms with E-state index >= 15 is 0 Å². The highest BCUT2D eigenvalue weighted by Crippen LogP contribution is 2.28. The molecule has 0 spiro atoms. The van der Waals surface area contributed by atoms with Crippen molar-refractivity contribution in [3.63, 3.8) is 0 Å². The summed E-state index contributed by atoms with van der Waals surface area (Å²) in [5.41, 5.74) is 5.83. The molecule has 1 atom stereocenters. The second kappa shape index (κ2) is 3.12. The van der Waals surface area contributed by atoms with Gasteiger partial charge in [-0.05, 0) is 12.8 Å². The van der Waals surface area contributed by atoms with Gasteiger partial charge in [0.2, 0.25) is 0 Å². The Morgan fingerprint density at radius 1 is 1.67 bits per heavy atom. The highest BCUT2D eigenvalue weighted by atomic mass is 32.1. The van der Waals surface area contributed by atoms with Crippen LogP contribution in [0.4, 0.5) is 0 Å². The van der Waals surface area contributed by atoms with Gasteiger partial charge in [-0.1, -0.05) is 0 Å². The zero-order chi connectivity index (χ0) is 8.44. The lowest BCUT2D eigenvalue weighted by molar-refractivity contribution is 0.0366. The molecule has 0 aliphatic carbocycles. The summed E-state index contributed by atoms with van der Waals surface area (Å²) < 4.78 is 5.35. The average molecular weight is 184 g/mol. The highest BCUT2D eigenvalue weighted by Gasteiger charge is 2.32. The Bertz CT molecular complexity index is 242. The maximum Gasteiger partial charge on any atom is 0.115 e. The molecule has 2 N–H and O–H groups in total. The molecule has 0 radical (unpaired) electrons. The van der Waals surface area contributed by atoms with Gasteiger partial charge < -0.3 is 10.5 Å². The maximum atomic E-state index is 6.15. The van der Waals surface area contributed by atoms with Crippen LogP contribution in [-0.2, 0) is 10.3 Å². The Balaban J connectivity index is 2.19. The Morgan fingerprint density at radius 2 is 2.58 bits per heavy atom. The van der Waals surface area contributed by atoms with Crippen molar-refractivity contribution in [1.29, 1.82) is 0 Å². The second-order valence-electron chi connectivity index (χ2n) is 3.15. The summed E-state index contributed by atoms with van der Waals surface area (Å²) in [7, 11) is 0. The zero-order valence-corrected chi connectivity index (χ0v) is 7.64. The lowest BCUT2D eigenvalue weighted by Gasteiger charge is -2.30. The minimum Gasteiger partial charge on any atom is -0.379 e. The van der Waals surface area contributed by atoms with Crippen molar-refractivity contribution in [2.75, 3.05) is 13.2 Å². The van der Waals surface area contributed by atoms with E-state index in [0.717, 1.165) is 24.5 Å². The van der Waals surface area contributed by atoms with E-state index in [1.54, 1.807) is 17.5 Å². The molecule has 4 heteroatoms. The van der Waals surface area contributed by atoms with Crippen LogP contribution in [0.3, 0.4) is 0 Å². The van der Waals surface area contributed by atoms with Crippen LogP contribution in [0.5, 0.6) is 0 Å². The average Bonchev–Trinajstić information content (AvgIpc) is 2.58. The van der Waals surface area contributed by atoms with Gasteiger partial charge in [-0.3, -0.25) is 0 Å². The molecule has 1 saturated heterocycles. The van der Waals surface area contributed by atoms with E-state index in [1.165, 1.54) is 0 Å². The summed E-state index contributed by atoms with van der Waals surface area (Å²) in [4.78, 5) is 4.23. The van der Waals surface area contributed by atoms with Gasteiger partial charge in [0.1, 0.15) is 5.01 Å². The van der Waals surface area contributed by atoms with Crippen molar-refractivity contribution in [2.45, 2.75) is 18.4 Å². The molecule has 0 bridgehead atoms. The van der Waals surface area contributed by atoms with Crippen molar-refractivity contribution in [2.24, 2.45) is 5.73 Å². The first-order valence-corrected chi connectivity index (χ1v) is 4.96. The smallest absolute Gasteiger partial charge is 0.115 e. The minimum absolute atomic E-state index is 0.313. The Labute approximate surface area is 75.6 Å². The van der Waals surface area contributed by atoms with Crippen LogP contribution in [0.25, 0.3) is 0 Å². The van der Waals surface area contributed by atoms with Crippen LogP contribution >= 0.6 is 11.3 Å². The summed E-state index contributed by atoms with van der Waals surface area (Å²) in [5.74, 6) is 0. The maximum absolute atomic E-state index is 6.15. The summed E-state index contributed by atoms with van der Waals surface area (Å²) >= 11 is 1.61. The SMILES string of the molecule is NC1(c2nccs2)CCCOC1. The van der Waals surface area contributed by atoms with Gasteiger partial charge in [0.05, 0.1) is 12.1 Å². The van der Waals surface area contributed by atoms with E-state index in [-0.39, 0.29) is 5.54 Å². The molecule has 12 heavy (non-hydrogen) atoms. The highest BCUT2D eigenvalue weighted by molar-refractivity contribution is 7.09. The molecule has 0 amide bonds. The van der Waals surface area contributed by atoms with Gasteiger partial charge >= 0.3 is 0 Å². The van der Waals surface area contributed by atoms with Gasteiger partial charge in [-0.2, -0.15) is 0 Å². The predicted molar refractivity (Wildman–Crippen MR) is 48.0 cm³/mol. The first-order valence-electron chi connectivity index (χ1n) is 4.08. The number of hydrogen-bond acceptors (Lipinski definition) is 4. The predicted octanol–water partition coefficient (Wildman–Crippen LogP) is 1.11. The molecule has 2 heterocycles. The molecule has 2 rings (SSSR count). The third-order valence-corrected chi connectivity index (χ3v) is 3.12. The summed E-state index contributed by atoms with van der Waals surface area (Å²) in [5, 5.41) is 2.96. The number of ether oxygens (including phenoxy) is 1. The fourth-order valence-corrected chi connectivity index (χ4v) is 2.22. The van der Waals surface area contributed by atoms with Gasteiger partial charge in [0, 0.05) is 18.2 Å². The van der Waals surface area contributed by atoms with Gasteiger partial charge in [0.25, 0.3) is 0 Å². The largest absolute Gasteiger partial charge is 0.379 e. The molecule has 0 saturated carbocycles. The third kappa shape index (κ3) is 1.37. The van der Waals surface area contributed by atoms with Crippen LogP contribution in [0.2, 0.25) is 0 Å². The fraction of sp³-hybridized carbons (Fsp3) is 0.625. The van der Waals surface area contributed by atoms with Gasteiger partial charge in [0.15, 0.2) is 0 Å². The molecule has 1 aliphatic rings. The third-order valence-electron chi connectivity index (χ3n) is 2.13. The quantitative estimate of drug-likeness (QED) is 0.711. The van der Waals surface area contributed by atoms with Crippen molar-refractivity contribution in [3.05, 3.63) is 16.6 Å². The number of nitrogens with two attached hydrogens (primary N) is 1. The van der Waals surface area contributed by atoms with E-state index < -0.39 is 0 Å². The van der Waals surface area contributed by atoms with Crippen molar-refractivity contribution < 1.29 is 4.74 Å². The first-order chi connectivity index (χ1) is 5.81. The molecule has 0 aromatic carbocycles. The number of thiazole rings is 1. The Hall–Kier alpha value is -0.450. The van der Waals surface area contributed by atoms with Crippen LogP contribution in [-0.4, -0.2) is 18.2 Å². The van der Waals surface area contributed by atoms with Gasteiger partial charge in [-0.15, -0.1) is 11.3 Å². The van der Waals surface area contributed by atoms with E-state index in [0.29, 0.717) is 6.61 Å².